The van der Waals surface area contributed by atoms with Crippen molar-refractivity contribution in [1.82, 2.24) is 14.6 Å². The van der Waals surface area contributed by atoms with E-state index in [4.69, 9.17) is 4.98 Å². The fraction of sp³-hybridized carbons (Fsp3) is 0.571. The Morgan fingerprint density at radius 3 is 2.67 bits per heavy atom. The first-order chi connectivity index (χ1) is 8.59. The van der Waals surface area contributed by atoms with E-state index in [1.807, 2.05) is 10.7 Å². The van der Waals surface area contributed by atoms with Gasteiger partial charge in [-0.15, -0.1) is 0 Å². The van der Waals surface area contributed by atoms with Gasteiger partial charge in [-0.25, -0.2) is 4.98 Å². The van der Waals surface area contributed by atoms with Crippen molar-refractivity contribution in [2.24, 2.45) is 0 Å². The van der Waals surface area contributed by atoms with Gasteiger partial charge in [0.05, 0.1) is 11.9 Å². The van der Waals surface area contributed by atoms with Gasteiger partial charge >= 0.3 is 0 Å². The molecule has 0 saturated carbocycles. The van der Waals surface area contributed by atoms with Gasteiger partial charge in [-0.2, -0.15) is 9.61 Å². The number of aromatic nitrogens is 3. The summed E-state index contributed by atoms with van der Waals surface area (Å²) in [6.07, 6.45) is 3.01. The standard InChI is InChI=1S/C14H20N4/c1-8(2)11-7-16-18-13-10(5-6-15-13)12(9(3)4)17-14(11)18/h7-9,15H,5-6H2,1-4H3. The number of fused-ring (bicyclic) bond motifs is 3. The Hall–Kier alpha value is -1.58. The van der Waals surface area contributed by atoms with E-state index >= 15 is 0 Å². The molecule has 0 unspecified atom stereocenters. The maximum Gasteiger partial charge on any atom is 0.161 e. The molecule has 0 bridgehead atoms. The molecule has 2 aromatic rings. The van der Waals surface area contributed by atoms with Gasteiger partial charge in [0.2, 0.25) is 0 Å². The molecule has 18 heavy (non-hydrogen) atoms. The third-order valence-corrected chi connectivity index (χ3v) is 3.64. The zero-order chi connectivity index (χ0) is 12.9. The number of hydrogen-bond acceptors (Lipinski definition) is 3. The molecule has 4 nitrogen and oxygen atoms in total. The summed E-state index contributed by atoms with van der Waals surface area (Å²) in [4.78, 5) is 4.89. The molecular formula is C14H20N4. The minimum atomic E-state index is 0.453. The van der Waals surface area contributed by atoms with Crippen molar-refractivity contribution >= 4 is 11.5 Å². The lowest BCUT2D eigenvalue weighted by Crippen LogP contribution is -2.06. The molecule has 1 aliphatic heterocycles. The summed E-state index contributed by atoms with van der Waals surface area (Å²) in [5, 5.41) is 7.95. The van der Waals surface area contributed by atoms with Crippen molar-refractivity contribution in [1.29, 1.82) is 0 Å². The summed E-state index contributed by atoms with van der Waals surface area (Å²) >= 11 is 0. The van der Waals surface area contributed by atoms with Gasteiger partial charge in [0.15, 0.2) is 5.65 Å². The van der Waals surface area contributed by atoms with Gasteiger partial charge in [0.1, 0.15) is 5.82 Å². The number of nitrogens with zero attached hydrogens (tertiary/aromatic N) is 3. The highest BCUT2D eigenvalue weighted by Crippen LogP contribution is 2.32. The van der Waals surface area contributed by atoms with Crippen LogP contribution in [0.5, 0.6) is 0 Å². The van der Waals surface area contributed by atoms with Crippen LogP contribution in [0.25, 0.3) is 5.65 Å². The van der Waals surface area contributed by atoms with Crippen LogP contribution in [0.15, 0.2) is 6.20 Å². The molecule has 0 saturated heterocycles. The van der Waals surface area contributed by atoms with Gasteiger partial charge in [-0.1, -0.05) is 27.7 Å². The number of rotatable bonds is 2. The van der Waals surface area contributed by atoms with Crippen molar-refractivity contribution in [2.45, 2.75) is 46.0 Å². The van der Waals surface area contributed by atoms with Crippen molar-refractivity contribution in [3.63, 3.8) is 0 Å². The lowest BCUT2D eigenvalue weighted by atomic mass is 10.0. The first-order valence-electron chi connectivity index (χ1n) is 6.74. The SMILES string of the molecule is CC(C)c1nc2c(C(C)C)cnn2c2c1CCN2. The minimum absolute atomic E-state index is 0.453. The van der Waals surface area contributed by atoms with E-state index in [1.165, 1.54) is 16.8 Å². The molecule has 3 heterocycles. The molecule has 1 aliphatic rings. The van der Waals surface area contributed by atoms with Crippen LogP contribution in [0.1, 0.15) is 56.4 Å². The number of anilines is 1. The van der Waals surface area contributed by atoms with Crippen molar-refractivity contribution in [2.75, 3.05) is 11.9 Å². The molecule has 2 aromatic heterocycles. The largest absolute Gasteiger partial charge is 0.369 e. The van der Waals surface area contributed by atoms with E-state index in [9.17, 15) is 0 Å². The Bertz CT molecular complexity index is 595. The second-order valence-electron chi connectivity index (χ2n) is 5.65. The van der Waals surface area contributed by atoms with Gasteiger partial charge in [-0.05, 0) is 18.3 Å². The molecule has 3 rings (SSSR count). The Kier molecular flexibility index (Phi) is 2.54. The normalized spacial score (nSPS) is 14.6. The lowest BCUT2D eigenvalue weighted by Gasteiger charge is -2.13. The fourth-order valence-electron chi connectivity index (χ4n) is 2.68. The summed E-state index contributed by atoms with van der Waals surface area (Å²) in [7, 11) is 0. The molecule has 0 amide bonds. The Morgan fingerprint density at radius 2 is 2.00 bits per heavy atom. The van der Waals surface area contributed by atoms with Gasteiger partial charge in [-0.3, -0.25) is 0 Å². The van der Waals surface area contributed by atoms with E-state index < -0.39 is 0 Å². The Morgan fingerprint density at radius 1 is 1.22 bits per heavy atom. The zero-order valence-electron chi connectivity index (χ0n) is 11.5. The maximum atomic E-state index is 4.89. The molecule has 0 spiro atoms. The van der Waals surface area contributed by atoms with Crippen molar-refractivity contribution in [3.8, 4) is 0 Å². The average Bonchev–Trinajstić information content (AvgIpc) is 2.93. The Labute approximate surface area is 107 Å². The summed E-state index contributed by atoms with van der Waals surface area (Å²) in [6, 6.07) is 0. The van der Waals surface area contributed by atoms with Crippen molar-refractivity contribution in [3.05, 3.63) is 23.0 Å². The van der Waals surface area contributed by atoms with Gasteiger partial charge in [0.25, 0.3) is 0 Å². The fourth-order valence-corrected chi connectivity index (χ4v) is 2.68. The van der Waals surface area contributed by atoms with E-state index in [0.29, 0.717) is 11.8 Å². The Balaban J connectivity index is 2.34. The third kappa shape index (κ3) is 1.51. The predicted octanol–water partition coefficient (Wildman–Crippen LogP) is 2.94. The molecular weight excluding hydrogens is 224 g/mol. The summed E-state index contributed by atoms with van der Waals surface area (Å²) < 4.78 is 1.98. The molecule has 0 radical (unpaired) electrons. The second-order valence-corrected chi connectivity index (χ2v) is 5.65. The highest BCUT2D eigenvalue weighted by Gasteiger charge is 2.23. The topological polar surface area (TPSA) is 42.2 Å². The highest BCUT2D eigenvalue weighted by atomic mass is 15.3. The van der Waals surface area contributed by atoms with Crippen LogP contribution >= 0.6 is 0 Å². The van der Waals surface area contributed by atoms with E-state index in [-0.39, 0.29) is 0 Å². The van der Waals surface area contributed by atoms with Crippen LogP contribution in [-0.4, -0.2) is 21.1 Å². The van der Waals surface area contributed by atoms with Gasteiger partial charge in [0, 0.05) is 17.7 Å². The molecule has 0 aromatic carbocycles. The summed E-state index contributed by atoms with van der Waals surface area (Å²) in [5.41, 5.74) is 4.82. The number of hydrogen-bond donors (Lipinski definition) is 1. The predicted molar refractivity (Wildman–Crippen MR) is 73.4 cm³/mol. The molecule has 4 heteroatoms. The maximum absolute atomic E-state index is 4.89. The van der Waals surface area contributed by atoms with E-state index in [0.717, 1.165) is 24.4 Å². The van der Waals surface area contributed by atoms with E-state index in [2.05, 4.69) is 38.1 Å². The molecule has 0 fully saturated rings. The second kappa shape index (κ2) is 3.97. The van der Waals surface area contributed by atoms with Crippen molar-refractivity contribution < 1.29 is 0 Å². The molecule has 0 aliphatic carbocycles. The third-order valence-electron chi connectivity index (χ3n) is 3.64. The quantitative estimate of drug-likeness (QED) is 0.883. The molecule has 1 N–H and O–H groups in total. The van der Waals surface area contributed by atoms with Crippen LogP contribution in [0.4, 0.5) is 5.82 Å². The van der Waals surface area contributed by atoms with Crippen LogP contribution in [0, 0.1) is 0 Å². The van der Waals surface area contributed by atoms with Crippen LogP contribution < -0.4 is 5.32 Å². The number of nitrogens with one attached hydrogen (secondary N) is 1. The summed E-state index contributed by atoms with van der Waals surface area (Å²) in [6.45, 7) is 9.79. The average molecular weight is 244 g/mol. The summed E-state index contributed by atoms with van der Waals surface area (Å²) in [5.74, 6) is 2.06. The monoisotopic (exact) mass is 244 g/mol. The zero-order valence-corrected chi connectivity index (χ0v) is 11.5. The lowest BCUT2D eigenvalue weighted by molar-refractivity contribution is 0.792. The van der Waals surface area contributed by atoms with Crippen LogP contribution in [0.3, 0.4) is 0 Å². The smallest absolute Gasteiger partial charge is 0.161 e. The molecule has 0 atom stereocenters. The molecule has 96 valence electrons. The van der Waals surface area contributed by atoms with E-state index in [1.54, 1.807) is 0 Å². The van der Waals surface area contributed by atoms with Crippen LogP contribution in [0.2, 0.25) is 0 Å². The highest BCUT2D eigenvalue weighted by molar-refractivity contribution is 5.62. The first kappa shape index (κ1) is 11.5. The minimum Gasteiger partial charge on any atom is -0.369 e. The van der Waals surface area contributed by atoms with Crippen LogP contribution in [-0.2, 0) is 6.42 Å². The van der Waals surface area contributed by atoms with Gasteiger partial charge < -0.3 is 5.32 Å². The first-order valence-corrected chi connectivity index (χ1v) is 6.74.